The highest BCUT2D eigenvalue weighted by Crippen LogP contribution is 2.37. The first-order chi connectivity index (χ1) is 14.9. The number of benzene rings is 2. The molecule has 0 N–H and O–H groups in total. The van der Waals surface area contributed by atoms with E-state index < -0.39 is 0 Å². The van der Waals surface area contributed by atoms with E-state index in [1.54, 1.807) is 6.26 Å². The van der Waals surface area contributed by atoms with Gasteiger partial charge in [-0.1, -0.05) is 61.5 Å². The maximum absolute atomic E-state index is 5.98. The molecule has 0 aliphatic carbocycles. The van der Waals surface area contributed by atoms with E-state index in [0.717, 1.165) is 35.8 Å². The van der Waals surface area contributed by atoms with Gasteiger partial charge < -0.3 is 14.2 Å². The summed E-state index contributed by atoms with van der Waals surface area (Å²) < 4.78 is 11.6. The van der Waals surface area contributed by atoms with Crippen LogP contribution in [0.25, 0.3) is 11.1 Å². The van der Waals surface area contributed by atoms with Crippen LogP contribution in [-0.2, 0) is 11.3 Å². The Kier molecular flexibility index (Phi) is 6.14. The molecular formula is C26H31N3O2. The highest BCUT2D eigenvalue weighted by Gasteiger charge is 2.29. The fraction of sp³-hybridized carbons (Fsp3) is 0.346. The van der Waals surface area contributed by atoms with Gasteiger partial charge in [0.25, 0.3) is 0 Å². The van der Waals surface area contributed by atoms with Crippen LogP contribution in [0.3, 0.4) is 0 Å². The van der Waals surface area contributed by atoms with Gasteiger partial charge in [-0.2, -0.15) is 0 Å². The number of nitrogens with zero attached hydrogens (tertiary/aromatic N) is 3. The molecule has 1 aromatic heterocycles. The largest absolute Gasteiger partial charge is 0.472 e. The predicted octanol–water partition coefficient (Wildman–Crippen LogP) is 6.05. The summed E-state index contributed by atoms with van der Waals surface area (Å²) in [5.74, 6) is 1.34. The first kappa shape index (κ1) is 21.2. The van der Waals surface area contributed by atoms with Gasteiger partial charge >= 0.3 is 0 Å². The minimum absolute atomic E-state index is 0.273. The quantitative estimate of drug-likeness (QED) is 0.468. The molecule has 3 aromatic rings. The van der Waals surface area contributed by atoms with Crippen molar-refractivity contribution in [2.75, 3.05) is 18.5 Å². The van der Waals surface area contributed by atoms with Crippen LogP contribution >= 0.6 is 0 Å². The summed E-state index contributed by atoms with van der Waals surface area (Å²) in [5, 5.41) is 4.11. The zero-order chi connectivity index (χ0) is 22.0. The summed E-state index contributed by atoms with van der Waals surface area (Å²) in [6.45, 7) is 10.4. The van der Waals surface area contributed by atoms with E-state index in [9.17, 15) is 0 Å². The zero-order valence-electron chi connectivity index (χ0n) is 19.0. The fourth-order valence-corrected chi connectivity index (χ4v) is 4.15. The van der Waals surface area contributed by atoms with E-state index in [1.165, 1.54) is 16.7 Å². The van der Waals surface area contributed by atoms with Gasteiger partial charge in [0.15, 0.2) is 0 Å². The van der Waals surface area contributed by atoms with E-state index in [-0.39, 0.29) is 6.23 Å². The third-order valence-corrected chi connectivity index (χ3v) is 5.66. The second-order valence-corrected chi connectivity index (χ2v) is 8.75. The van der Waals surface area contributed by atoms with E-state index in [1.807, 2.05) is 24.9 Å². The molecule has 0 amide bonds. The van der Waals surface area contributed by atoms with Crippen molar-refractivity contribution in [3.05, 3.63) is 83.4 Å². The smallest absolute Gasteiger partial charge is 0.237 e. The lowest BCUT2D eigenvalue weighted by atomic mass is 9.96. The fourth-order valence-electron chi connectivity index (χ4n) is 4.15. The van der Waals surface area contributed by atoms with Crippen molar-refractivity contribution >= 4 is 5.88 Å². The van der Waals surface area contributed by atoms with Crippen LogP contribution in [0.15, 0.2) is 65.5 Å². The van der Waals surface area contributed by atoms with Gasteiger partial charge in [0.05, 0.1) is 5.69 Å². The minimum Gasteiger partial charge on any atom is -0.472 e. The average Bonchev–Trinajstić information content (AvgIpc) is 3.35. The number of ether oxygens (including phenoxy) is 1. The first-order valence-electron chi connectivity index (χ1n) is 10.8. The number of aromatic nitrogens is 1. The molecule has 162 valence electrons. The van der Waals surface area contributed by atoms with Crippen molar-refractivity contribution in [3.63, 3.8) is 0 Å². The van der Waals surface area contributed by atoms with Crippen LogP contribution in [0.5, 0.6) is 0 Å². The lowest BCUT2D eigenvalue weighted by Crippen LogP contribution is -2.24. The van der Waals surface area contributed by atoms with Crippen LogP contribution in [0, 0.1) is 19.8 Å². The lowest BCUT2D eigenvalue weighted by Gasteiger charge is -2.25. The molecule has 0 spiro atoms. The molecule has 1 aliphatic heterocycles. The standard InChI is InChI=1S/C26H31N3O2/c1-18(2)16-28(5)17-23-15-22(11-12-24(23)21-9-7-6-8-10-21)26-29(13-14-30-26)25-19(3)20(4)27-31-25/h6-15,18,26H,16-17H2,1-5H3. The maximum Gasteiger partial charge on any atom is 0.237 e. The lowest BCUT2D eigenvalue weighted by molar-refractivity contribution is 0.169. The van der Waals surface area contributed by atoms with Gasteiger partial charge in [-0.25, -0.2) is 0 Å². The molecule has 31 heavy (non-hydrogen) atoms. The summed E-state index contributed by atoms with van der Waals surface area (Å²) in [6.07, 6.45) is 3.36. The van der Waals surface area contributed by atoms with Crippen molar-refractivity contribution in [1.29, 1.82) is 0 Å². The van der Waals surface area contributed by atoms with Gasteiger partial charge in [-0.15, -0.1) is 0 Å². The van der Waals surface area contributed by atoms with Crippen molar-refractivity contribution < 1.29 is 9.26 Å². The maximum atomic E-state index is 5.98. The molecule has 5 nitrogen and oxygen atoms in total. The highest BCUT2D eigenvalue weighted by atomic mass is 16.5. The minimum atomic E-state index is -0.273. The molecule has 0 saturated carbocycles. The molecule has 0 saturated heterocycles. The first-order valence-corrected chi connectivity index (χ1v) is 10.8. The van der Waals surface area contributed by atoms with Crippen LogP contribution in [0.4, 0.5) is 5.88 Å². The Morgan fingerprint density at radius 1 is 1.10 bits per heavy atom. The second-order valence-electron chi connectivity index (χ2n) is 8.75. The Labute approximate surface area is 184 Å². The van der Waals surface area contributed by atoms with E-state index >= 15 is 0 Å². The molecule has 0 bridgehead atoms. The molecule has 1 unspecified atom stereocenters. The molecule has 5 heteroatoms. The average molecular weight is 418 g/mol. The van der Waals surface area contributed by atoms with Gasteiger partial charge in [0, 0.05) is 30.4 Å². The second kappa shape index (κ2) is 8.98. The van der Waals surface area contributed by atoms with Crippen molar-refractivity contribution in [1.82, 2.24) is 10.1 Å². The molecule has 4 rings (SSSR count). The molecule has 0 fully saturated rings. The topological polar surface area (TPSA) is 41.7 Å². The SMILES string of the molecule is Cc1noc(N2C=COC2c2ccc(-c3ccccc3)c(CN(C)CC(C)C)c2)c1C. The Morgan fingerprint density at radius 3 is 2.55 bits per heavy atom. The van der Waals surface area contributed by atoms with E-state index in [0.29, 0.717) is 5.92 Å². The molecule has 1 aliphatic rings. The third kappa shape index (κ3) is 4.52. The Hall–Kier alpha value is -3.05. The normalized spacial score (nSPS) is 15.8. The molecule has 1 atom stereocenters. The molecular weight excluding hydrogens is 386 g/mol. The van der Waals surface area contributed by atoms with Gasteiger partial charge in [0.2, 0.25) is 12.1 Å². The van der Waals surface area contributed by atoms with Gasteiger partial charge in [0.1, 0.15) is 6.26 Å². The monoisotopic (exact) mass is 417 g/mol. The third-order valence-electron chi connectivity index (χ3n) is 5.66. The number of anilines is 1. The summed E-state index contributed by atoms with van der Waals surface area (Å²) in [6, 6.07) is 17.2. The number of rotatable bonds is 7. The zero-order valence-corrected chi connectivity index (χ0v) is 19.0. The van der Waals surface area contributed by atoms with Crippen LogP contribution in [0.1, 0.15) is 42.5 Å². The number of hydrogen-bond donors (Lipinski definition) is 0. The van der Waals surface area contributed by atoms with E-state index in [2.05, 4.69) is 79.5 Å². The van der Waals surface area contributed by atoms with Crippen molar-refractivity contribution in [3.8, 4) is 11.1 Å². The Bertz CT molecular complexity index is 1060. The summed E-state index contributed by atoms with van der Waals surface area (Å²) in [4.78, 5) is 4.39. The Morgan fingerprint density at radius 2 is 1.87 bits per heavy atom. The molecule has 0 radical (unpaired) electrons. The van der Waals surface area contributed by atoms with Crippen LogP contribution in [0.2, 0.25) is 0 Å². The van der Waals surface area contributed by atoms with Gasteiger partial charge in [-0.3, -0.25) is 4.90 Å². The van der Waals surface area contributed by atoms with Gasteiger partial charge in [-0.05, 0) is 49.6 Å². The number of aryl methyl sites for hydroxylation is 1. The van der Waals surface area contributed by atoms with Crippen molar-refractivity contribution in [2.24, 2.45) is 5.92 Å². The predicted molar refractivity (Wildman–Crippen MR) is 124 cm³/mol. The van der Waals surface area contributed by atoms with Crippen LogP contribution in [-0.4, -0.2) is 23.6 Å². The highest BCUT2D eigenvalue weighted by molar-refractivity contribution is 5.68. The molecule has 2 heterocycles. The van der Waals surface area contributed by atoms with E-state index in [4.69, 9.17) is 9.26 Å². The summed E-state index contributed by atoms with van der Waals surface area (Å²) >= 11 is 0. The summed E-state index contributed by atoms with van der Waals surface area (Å²) in [5.41, 5.74) is 6.77. The summed E-state index contributed by atoms with van der Waals surface area (Å²) in [7, 11) is 2.18. The van der Waals surface area contributed by atoms with Crippen molar-refractivity contribution in [2.45, 2.75) is 40.5 Å². The Balaban J connectivity index is 1.70. The number of hydrogen-bond acceptors (Lipinski definition) is 5. The van der Waals surface area contributed by atoms with Crippen LogP contribution < -0.4 is 4.90 Å². The molecule has 2 aromatic carbocycles.